The number of alkyl halides is 3. The van der Waals surface area contributed by atoms with Crippen LogP contribution in [0.25, 0.3) is 6.08 Å². The maximum absolute atomic E-state index is 13.5. The van der Waals surface area contributed by atoms with Gasteiger partial charge in [0.1, 0.15) is 5.75 Å². The number of nitriles is 1. The number of morpholine rings is 1. The van der Waals surface area contributed by atoms with E-state index in [2.05, 4.69) is 4.99 Å². The number of thioether (sulfide) groups is 1. The average Bonchev–Trinajstić information content (AvgIpc) is 3.20. The SMILES string of the molecule is COc1cc(/C=C2\SC(N3CCOCC3)=NC2=O)ccc1Oc1ccc(C#N)cc1C(F)(F)F. The molecular formula is C23H18F3N3O4S. The molecule has 34 heavy (non-hydrogen) atoms. The van der Waals surface area contributed by atoms with Crippen LogP contribution in [0.2, 0.25) is 0 Å². The van der Waals surface area contributed by atoms with Crippen LogP contribution in [-0.4, -0.2) is 49.4 Å². The number of hydrogen-bond donors (Lipinski definition) is 0. The highest BCUT2D eigenvalue weighted by Crippen LogP contribution is 2.41. The fourth-order valence-corrected chi connectivity index (χ4v) is 4.29. The summed E-state index contributed by atoms with van der Waals surface area (Å²) in [5, 5.41) is 9.54. The number of aliphatic imine (C=N–C) groups is 1. The van der Waals surface area contributed by atoms with E-state index in [1.807, 2.05) is 4.90 Å². The van der Waals surface area contributed by atoms with Gasteiger partial charge in [-0.25, -0.2) is 0 Å². The van der Waals surface area contributed by atoms with Crippen molar-refractivity contribution in [3.8, 4) is 23.3 Å². The number of carbonyl (C=O) groups is 1. The van der Waals surface area contributed by atoms with Crippen molar-refractivity contribution in [3.05, 3.63) is 58.0 Å². The van der Waals surface area contributed by atoms with Crippen LogP contribution < -0.4 is 9.47 Å². The van der Waals surface area contributed by atoms with E-state index in [-0.39, 0.29) is 23.0 Å². The molecule has 0 bridgehead atoms. The van der Waals surface area contributed by atoms with Crippen LogP contribution in [0.4, 0.5) is 13.2 Å². The fraction of sp³-hybridized carbons (Fsp3) is 0.261. The second-order valence-corrected chi connectivity index (χ2v) is 8.25. The predicted molar refractivity (Wildman–Crippen MR) is 120 cm³/mol. The van der Waals surface area contributed by atoms with Crippen LogP contribution in [0.3, 0.4) is 0 Å². The Balaban J connectivity index is 1.57. The van der Waals surface area contributed by atoms with Crippen LogP contribution in [0.5, 0.6) is 17.2 Å². The van der Waals surface area contributed by atoms with Crippen LogP contribution in [0.1, 0.15) is 16.7 Å². The van der Waals surface area contributed by atoms with E-state index in [1.165, 1.54) is 31.0 Å². The smallest absolute Gasteiger partial charge is 0.420 e. The lowest BCUT2D eigenvalue weighted by Gasteiger charge is -2.27. The summed E-state index contributed by atoms with van der Waals surface area (Å²) in [5.74, 6) is -0.591. The monoisotopic (exact) mass is 489 g/mol. The van der Waals surface area contributed by atoms with Crippen molar-refractivity contribution in [2.45, 2.75) is 6.18 Å². The molecule has 4 rings (SSSR count). The number of amidine groups is 1. The molecule has 2 heterocycles. The van der Waals surface area contributed by atoms with Gasteiger partial charge in [-0.1, -0.05) is 6.07 Å². The molecule has 0 radical (unpaired) electrons. The predicted octanol–water partition coefficient (Wildman–Crippen LogP) is 4.68. The molecule has 1 fully saturated rings. The van der Waals surface area contributed by atoms with Crippen LogP contribution >= 0.6 is 11.8 Å². The van der Waals surface area contributed by atoms with E-state index in [0.29, 0.717) is 41.9 Å². The molecule has 176 valence electrons. The van der Waals surface area contributed by atoms with Crippen LogP contribution in [0.15, 0.2) is 46.3 Å². The largest absolute Gasteiger partial charge is 0.493 e. The first kappa shape index (κ1) is 23.7. The molecule has 2 aliphatic heterocycles. The van der Waals surface area contributed by atoms with E-state index in [0.717, 1.165) is 12.1 Å². The zero-order valence-corrected chi connectivity index (χ0v) is 18.7. The Hall–Kier alpha value is -3.49. The molecule has 0 aromatic heterocycles. The maximum atomic E-state index is 13.5. The highest BCUT2D eigenvalue weighted by atomic mass is 32.2. The van der Waals surface area contributed by atoms with Crippen molar-refractivity contribution in [2.24, 2.45) is 4.99 Å². The maximum Gasteiger partial charge on any atom is 0.420 e. The summed E-state index contributed by atoms with van der Waals surface area (Å²) in [6.07, 6.45) is -3.07. The summed E-state index contributed by atoms with van der Waals surface area (Å²) in [7, 11) is 1.36. The van der Waals surface area contributed by atoms with Crippen molar-refractivity contribution in [2.75, 3.05) is 33.4 Å². The zero-order chi connectivity index (χ0) is 24.3. The number of benzene rings is 2. The summed E-state index contributed by atoms with van der Waals surface area (Å²) in [5.41, 5.74) is -0.610. The van der Waals surface area contributed by atoms with Crippen molar-refractivity contribution in [3.63, 3.8) is 0 Å². The fourth-order valence-electron chi connectivity index (χ4n) is 3.33. The number of halogens is 3. The first-order valence-electron chi connectivity index (χ1n) is 10.1. The van der Waals surface area contributed by atoms with Crippen molar-refractivity contribution in [1.82, 2.24) is 4.90 Å². The normalized spacial score (nSPS) is 17.5. The van der Waals surface area contributed by atoms with Crippen molar-refractivity contribution in [1.29, 1.82) is 5.26 Å². The molecule has 0 unspecified atom stereocenters. The van der Waals surface area contributed by atoms with Crippen LogP contribution in [0, 0.1) is 11.3 Å². The molecule has 0 spiro atoms. The topological polar surface area (TPSA) is 84.2 Å². The quantitative estimate of drug-likeness (QED) is 0.577. The first-order chi connectivity index (χ1) is 16.3. The number of rotatable bonds is 4. The van der Waals surface area contributed by atoms with E-state index in [1.54, 1.807) is 24.3 Å². The van der Waals surface area contributed by atoms with E-state index in [9.17, 15) is 18.0 Å². The van der Waals surface area contributed by atoms with Crippen LogP contribution in [-0.2, 0) is 15.7 Å². The van der Waals surface area contributed by atoms with Gasteiger partial charge in [-0.05, 0) is 53.7 Å². The van der Waals surface area contributed by atoms with Gasteiger partial charge in [-0.3, -0.25) is 4.79 Å². The Morgan fingerprint density at radius 3 is 2.56 bits per heavy atom. The number of ether oxygens (including phenoxy) is 3. The Labute approximate surface area is 197 Å². The second kappa shape index (κ2) is 9.79. The standard InChI is InChI=1S/C23H18F3N3O4S/c1-31-19-11-14(12-20-21(30)28-22(34-20)29-6-8-32-9-7-29)2-5-18(19)33-17-4-3-15(13-27)10-16(17)23(24,25)26/h2-5,10-12H,6-9H2,1H3/b20-12-. The third-order valence-corrected chi connectivity index (χ3v) is 6.05. The number of methoxy groups -OCH3 is 1. The second-order valence-electron chi connectivity index (χ2n) is 7.24. The first-order valence-corrected chi connectivity index (χ1v) is 10.9. The summed E-state index contributed by atoms with van der Waals surface area (Å²) in [6.45, 7) is 2.45. The molecule has 2 aromatic rings. The molecule has 2 aliphatic rings. The Kier molecular flexibility index (Phi) is 6.81. The molecule has 0 aliphatic carbocycles. The molecule has 7 nitrogen and oxygen atoms in total. The van der Waals surface area contributed by atoms with Crippen molar-refractivity contribution >= 4 is 28.9 Å². The lowest BCUT2D eigenvalue weighted by molar-refractivity contribution is -0.138. The van der Waals surface area contributed by atoms with E-state index >= 15 is 0 Å². The summed E-state index contributed by atoms with van der Waals surface area (Å²) >= 11 is 1.26. The Morgan fingerprint density at radius 1 is 1.15 bits per heavy atom. The summed E-state index contributed by atoms with van der Waals surface area (Å²) in [4.78, 5) is 18.9. The zero-order valence-electron chi connectivity index (χ0n) is 17.9. The van der Waals surface area contributed by atoms with Gasteiger partial charge in [0.2, 0.25) is 0 Å². The van der Waals surface area contributed by atoms with Gasteiger partial charge in [-0.15, -0.1) is 0 Å². The third kappa shape index (κ3) is 5.18. The summed E-state index contributed by atoms with van der Waals surface area (Å²) in [6, 6.07) is 9.36. The minimum absolute atomic E-state index is 0.0514. The lowest BCUT2D eigenvalue weighted by Crippen LogP contribution is -2.38. The van der Waals surface area contributed by atoms with Gasteiger partial charge in [-0.2, -0.15) is 23.4 Å². The number of hydrogen-bond acceptors (Lipinski definition) is 7. The molecule has 0 N–H and O–H groups in total. The Bertz CT molecular complexity index is 1210. The van der Waals surface area contributed by atoms with Gasteiger partial charge >= 0.3 is 6.18 Å². The minimum atomic E-state index is -4.71. The number of nitrogens with zero attached hydrogens (tertiary/aromatic N) is 3. The lowest BCUT2D eigenvalue weighted by atomic mass is 10.1. The Morgan fingerprint density at radius 2 is 1.88 bits per heavy atom. The van der Waals surface area contributed by atoms with Gasteiger partial charge < -0.3 is 19.1 Å². The van der Waals surface area contributed by atoms with Gasteiger partial charge in [0.15, 0.2) is 16.7 Å². The third-order valence-electron chi connectivity index (χ3n) is 5.01. The van der Waals surface area contributed by atoms with Gasteiger partial charge in [0.05, 0.1) is 42.4 Å². The highest BCUT2D eigenvalue weighted by Gasteiger charge is 2.35. The summed E-state index contributed by atoms with van der Waals surface area (Å²) < 4.78 is 56.5. The van der Waals surface area contributed by atoms with Gasteiger partial charge in [0, 0.05) is 13.1 Å². The average molecular weight is 489 g/mol. The number of amides is 1. The molecule has 1 amide bonds. The molecule has 0 atom stereocenters. The van der Waals surface area contributed by atoms with E-state index in [4.69, 9.17) is 19.5 Å². The van der Waals surface area contributed by atoms with E-state index < -0.39 is 17.5 Å². The minimum Gasteiger partial charge on any atom is -0.493 e. The molecule has 0 saturated carbocycles. The molecular weight excluding hydrogens is 471 g/mol. The van der Waals surface area contributed by atoms with Gasteiger partial charge in [0.25, 0.3) is 5.91 Å². The molecule has 2 aromatic carbocycles. The van der Waals surface area contributed by atoms with Crippen molar-refractivity contribution < 1.29 is 32.2 Å². The highest BCUT2D eigenvalue weighted by molar-refractivity contribution is 8.18. The molecule has 11 heteroatoms. The number of carbonyl (C=O) groups excluding carboxylic acids is 1. The molecule has 1 saturated heterocycles.